The molecule has 206 valence electrons. The van der Waals surface area contributed by atoms with Crippen LogP contribution in [0.5, 0.6) is 0 Å². The molecular weight excluding hydrogens is 506 g/mol. The number of rotatable bonds is 5. The summed E-state index contributed by atoms with van der Waals surface area (Å²) in [5, 5.41) is 12.7. The van der Waals surface area contributed by atoms with Crippen molar-refractivity contribution < 1.29 is 29.0 Å². The number of carbonyl (C=O) groups is 4. The molecule has 0 radical (unpaired) electrons. The molecule has 38 heavy (non-hydrogen) atoms. The van der Waals surface area contributed by atoms with E-state index in [1.54, 1.807) is 15.9 Å². The average Bonchev–Trinajstić information content (AvgIpc) is 3.58. The van der Waals surface area contributed by atoms with Crippen LogP contribution in [0.1, 0.15) is 80.8 Å². The minimum Gasteiger partial charge on any atom is -0.477 e. The fourth-order valence-corrected chi connectivity index (χ4v) is 6.06. The van der Waals surface area contributed by atoms with Crippen LogP contribution in [-0.4, -0.2) is 65.7 Å². The predicted octanol–water partition coefficient (Wildman–Crippen LogP) is 4.10. The molecule has 2 N–H and O–H groups in total. The predicted molar refractivity (Wildman–Crippen MR) is 144 cm³/mol. The van der Waals surface area contributed by atoms with Gasteiger partial charge in [-0.1, -0.05) is 18.8 Å². The van der Waals surface area contributed by atoms with Crippen LogP contribution in [-0.2, 0) is 14.3 Å². The molecule has 1 aromatic heterocycles. The van der Waals surface area contributed by atoms with E-state index in [4.69, 9.17) is 4.74 Å². The molecule has 0 unspecified atom stereocenters. The maximum Gasteiger partial charge on any atom is 0.410 e. The third-order valence-electron chi connectivity index (χ3n) is 7.32. The summed E-state index contributed by atoms with van der Waals surface area (Å²) in [5.74, 6) is 5.28. The first-order valence-electron chi connectivity index (χ1n) is 13.4. The highest BCUT2D eigenvalue weighted by molar-refractivity contribution is 7.15. The molecule has 9 nitrogen and oxygen atoms in total. The van der Waals surface area contributed by atoms with E-state index in [-0.39, 0.29) is 47.0 Å². The molecule has 1 saturated carbocycles. The van der Waals surface area contributed by atoms with Crippen molar-refractivity contribution in [3.63, 3.8) is 0 Å². The van der Waals surface area contributed by atoms with Gasteiger partial charge < -0.3 is 25.0 Å². The molecule has 3 aliphatic rings. The standard InChI is InChI=1S/C28H37N3O6S/c1-17-5-7-18(8-6-17)25(33)31(22-14-21(9-11-28(2,3)4)38-24(22)26(34)35)19-10-12-30(16-19)27(36)37-20-13-23(32)29-15-20/h14,17-20H,5-8,10,12-13,15-16H2,1-4H3,(H,29,32)(H,34,35)/t17?,18?,19-,20+/m0/s1. The number of hydrogen-bond donors (Lipinski definition) is 2. The van der Waals surface area contributed by atoms with Gasteiger partial charge in [0.1, 0.15) is 11.0 Å². The molecule has 3 amide bonds. The minimum atomic E-state index is -1.10. The number of hydrogen-bond acceptors (Lipinski definition) is 6. The van der Waals surface area contributed by atoms with Crippen molar-refractivity contribution in [1.29, 1.82) is 0 Å². The number of ether oxygens (including phenoxy) is 1. The van der Waals surface area contributed by atoms with Gasteiger partial charge in [0.2, 0.25) is 11.8 Å². The third-order valence-corrected chi connectivity index (χ3v) is 8.35. The van der Waals surface area contributed by atoms with Gasteiger partial charge in [-0.2, -0.15) is 0 Å². The fraction of sp³-hybridized carbons (Fsp3) is 0.643. The lowest BCUT2D eigenvalue weighted by atomic mass is 9.82. The first kappa shape index (κ1) is 28.0. The van der Waals surface area contributed by atoms with E-state index in [1.807, 2.05) is 20.8 Å². The number of nitrogens with zero attached hydrogens (tertiary/aromatic N) is 2. The highest BCUT2D eigenvalue weighted by atomic mass is 32.1. The Balaban J connectivity index is 1.61. The van der Waals surface area contributed by atoms with E-state index in [0.717, 1.165) is 37.0 Å². The summed E-state index contributed by atoms with van der Waals surface area (Å²) in [5.41, 5.74) is 0.100. The number of likely N-dealkylation sites (tertiary alicyclic amines) is 1. The SMILES string of the molecule is CC1CCC(C(=O)N(c2cc(C#CC(C)(C)C)sc2C(=O)O)[C@H]2CCN(C(=O)O[C@H]3CNC(=O)C3)C2)CC1. The van der Waals surface area contributed by atoms with Crippen molar-refractivity contribution in [3.8, 4) is 11.8 Å². The van der Waals surface area contributed by atoms with Crippen LogP contribution in [0.4, 0.5) is 10.5 Å². The number of anilines is 1. The topological polar surface area (TPSA) is 116 Å². The van der Waals surface area contributed by atoms with Crippen molar-refractivity contribution in [2.45, 2.75) is 78.4 Å². The summed E-state index contributed by atoms with van der Waals surface area (Å²) in [6.45, 7) is 9.05. The molecule has 2 atom stereocenters. The highest BCUT2D eigenvalue weighted by Gasteiger charge is 2.40. The van der Waals surface area contributed by atoms with Crippen LogP contribution in [0.3, 0.4) is 0 Å². The second-order valence-electron chi connectivity index (χ2n) is 11.7. The van der Waals surface area contributed by atoms with Gasteiger partial charge in [0.25, 0.3) is 0 Å². The minimum absolute atomic E-state index is 0.0808. The maximum absolute atomic E-state index is 14.0. The van der Waals surface area contributed by atoms with E-state index in [9.17, 15) is 24.3 Å². The molecule has 3 heterocycles. The summed E-state index contributed by atoms with van der Waals surface area (Å²) in [7, 11) is 0. The normalized spacial score (nSPS) is 25.4. The number of amides is 3. The molecule has 0 bridgehead atoms. The molecular formula is C28H37N3O6S. The lowest BCUT2D eigenvalue weighted by Gasteiger charge is -2.34. The first-order valence-corrected chi connectivity index (χ1v) is 14.2. The Morgan fingerprint density at radius 2 is 1.89 bits per heavy atom. The van der Waals surface area contributed by atoms with Gasteiger partial charge in [0.15, 0.2) is 0 Å². The average molecular weight is 544 g/mol. The van der Waals surface area contributed by atoms with Crippen LogP contribution in [0.2, 0.25) is 0 Å². The Morgan fingerprint density at radius 1 is 1.18 bits per heavy atom. The first-order chi connectivity index (χ1) is 17.9. The second-order valence-corrected chi connectivity index (χ2v) is 12.7. The van der Waals surface area contributed by atoms with Crippen LogP contribution in [0.25, 0.3) is 0 Å². The summed E-state index contributed by atoms with van der Waals surface area (Å²) >= 11 is 1.08. The van der Waals surface area contributed by atoms with Crippen molar-refractivity contribution in [2.24, 2.45) is 17.3 Å². The summed E-state index contributed by atoms with van der Waals surface area (Å²) in [4.78, 5) is 54.5. The molecule has 10 heteroatoms. The van der Waals surface area contributed by atoms with Gasteiger partial charge in [-0.15, -0.1) is 11.3 Å². The fourth-order valence-electron chi connectivity index (χ4n) is 5.22. The zero-order valence-electron chi connectivity index (χ0n) is 22.5. The molecule has 4 rings (SSSR count). The van der Waals surface area contributed by atoms with E-state index < -0.39 is 18.2 Å². The number of carboxylic acids is 1. The lowest BCUT2D eigenvalue weighted by molar-refractivity contribution is -0.124. The highest BCUT2D eigenvalue weighted by Crippen LogP contribution is 2.38. The number of thiophene rings is 1. The Kier molecular flexibility index (Phi) is 8.36. The Hall–Kier alpha value is -3.06. The van der Waals surface area contributed by atoms with Crippen LogP contribution in [0.15, 0.2) is 6.07 Å². The number of nitrogens with one attached hydrogen (secondary N) is 1. The van der Waals surface area contributed by atoms with E-state index >= 15 is 0 Å². The quantitative estimate of drug-likeness (QED) is 0.540. The van der Waals surface area contributed by atoms with Crippen molar-refractivity contribution in [1.82, 2.24) is 10.2 Å². The molecule has 2 saturated heterocycles. The number of carbonyl (C=O) groups excluding carboxylic acids is 3. The van der Waals surface area contributed by atoms with Crippen LogP contribution >= 0.6 is 11.3 Å². The summed E-state index contributed by atoms with van der Waals surface area (Å²) in [6.07, 6.45) is 3.07. The van der Waals surface area contributed by atoms with Gasteiger partial charge in [0.05, 0.1) is 29.6 Å². The Morgan fingerprint density at radius 3 is 2.50 bits per heavy atom. The number of aromatic carboxylic acids is 1. The monoisotopic (exact) mass is 543 g/mol. The maximum atomic E-state index is 14.0. The van der Waals surface area contributed by atoms with Gasteiger partial charge in [-0.25, -0.2) is 9.59 Å². The van der Waals surface area contributed by atoms with Gasteiger partial charge in [-0.05, 0) is 64.9 Å². The largest absolute Gasteiger partial charge is 0.477 e. The molecule has 1 aromatic rings. The van der Waals surface area contributed by atoms with E-state index in [0.29, 0.717) is 36.0 Å². The Labute approximate surface area is 227 Å². The second kappa shape index (κ2) is 11.4. The lowest BCUT2D eigenvalue weighted by Crippen LogP contribution is -2.47. The smallest absolute Gasteiger partial charge is 0.410 e. The van der Waals surface area contributed by atoms with Crippen LogP contribution < -0.4 is 10.2 Å². The molecule has 3 fully saturated rings. The van der Waals surface area contributed by atoms with Crippen molar-refractivity contribution in [2.75, 3.05) is 24.5 Å². The zero-order chi connectivity index (χ0) is 27.6. The molecule has 2 aliphatic heterocycles. The number of carboxylic acid groups (broad SMARTS) is 1. The summed E-state index contributed by atoms with van der Waals surface area (Å²) < 4.78 is 5.51. The van der Waals surface area contributed by atoms with Gasteiger partial charge in [0, 0.05) is 24.4 Å². The molecule has 0 aromatic carbocycles. The van der Waals surface area contributed by atoms with E-state index in [1.165, 1.54) is 0 Å². The van der Waals surface area contributed by atoms with Crippen molar-refractivity contribution >= 4 is 40.9 Å². The van der Waals surface area contributed by atoms with Crippen LogP contribution in [0, 0.1) is 29.1 Å². The zero-order valence-corrected chi connectivity index (χ0v) is 23.4. The van der Waals surface area contributed by atoms with Gasteiger partial charge >= 0.3 is 12.1 Å². The van der Waals surface area contributed by atoms with E-state index in [2.05, 4.69) is 24.1 Å². The van der Waals surface area contributed by atoms with Gasteiger partial charge in [-0.3, -0.25) is 9.59 Å². The molecule has 1 aliphatic carbocycles. The Bertz CT molecular complexity index is 1150. The molecule has 0 spiro atoms. The third kappa shape index (κ3) is 6.68. The van der Waals surface area contributed by atoms with Crippen molar-refractivity contribution in [3.05, 3.63) is 15.8 Å². The summed E-state index contributed by atoms with van der Waals surface area (Å²) in [6, 6.07) is 1.33.